The lowest BCUT2D eigenvalue weighted by molar-refractivity contribution is -0.123. The van der Waals surface area contributed by atoms with Crippen LogP contribution in [0.3, 0.4) is 0 Å². The molecule has 1 saturated carbocycles. The molecule has 2 atom stereocenters. The second kappa shape index (κ2) is 7.99. The van der Waals surface area contributed by atoms with Crippen molar-refractivity contribution < 1.29 is 4.79 Å². The van der Waals surface area contributed by atoms with E-state index in [2.05, 4.69) is 43.5 Å². The first-order valence-electron chi connectivity index (χ1n) is 8.12. The van der Waals surface area contributed by atoms with Crippen LogP contribution in [0, 0.1) is 0 Å². The third-order valence-electron chi connectivity index (χ3n) is 4.72. The van der Waals surface area contributed by atoms with Gasteiger partial charge in [-0.25, -0.2) is 0 Å². The minimum atomic E-state index is -0.119. The highest BCUT2D eigenvalue weighted by Gasteiger charge is 2.36. The highest BCUT2D eigenvalue weighted by atomic mass is 16.2. The number of likely N-dealkylation sites (N-methyl/N-ethyl adjacent to an activating group) is 1. The molecule has 0 radical (unpaired) electrons. The molecule has 0 bridgehead atoms. The zero-order valence-electron chi connectivity index (χ0n) is 14.0. The maximum atomic E-state index is 12.1. The average molecular weight is 283 g/mol. The predicted molar refractivity (Wildman–Crippen MR) is 84.9 cm³/mol. The summed E-state index contributed by atoms with van der Waals surface area (Å²) >= 11 is 0. The van der Waals surface area contributed by atoms with Crippen molar-refractivity contribution in [2.45, 2.75) is 76.9 Å². The van der Waals surface area contributed by atoms with Crippen LogP contribution in [-0.2, 0) is 4.79 Å². The molecule has 0 heterocycles. The Morgan fingerprint density at radius 3 is 2.35 bits per heavy atom. The topological polar surface area (TPSA) is 44.4 Å². The summed E-state index contributed by atoms with van der Waals surface area (Å²) < 4.78 is 0. The van der Waals surface area contributed by atoms with Crippen LogP contribution in [-0.4, -0.2) is 49.1 Å². The first-order chi connectivity index (χ1) is 9.41. The monoisotopic (exact) mass is 283 g/mol. The summed E-state index contributed by atoms with van der Waals surface area (Å²) in [6, 6.07) is 0.151. The molecule has 1 rings (SSSR count). The molecule has 1 fully saturated rings. The Labute approximate surface area is 124 Å². The molecular weight excluding hydrogens is 250 g/mol. The Balaban J connectivity index is 2.41. The van der Waals surface area contributed by atoms with E-state index in [4.69, 9.17) is 0 Å². The van der Waals surface area contributed by atoms with Crippen molar-refractivity contribution in [2.24, 2.45) is 0 Å². The van der Waals surface area contributed by atoms with Crippen LogP contribution in [0.1, 0.15) is 59.3 Å². The first-order valence-corrected chi connectivity index (χ1v) is 8.12. The number of hydrogen-bond acceptors (Lipinski definition) is 3. The number of rotatable bonds is 8. The van der Waals surface area contributed by atoms with Gasteiger partial charge in [-0.15, -0.1) is 0 Å². The van der Waals surface area contributed by atoms with Gasteiger partial charge in [0, 0.05) is 18.1 Å². The summed E-state index contributed by atoms with van der Waals surface area (Å²) in [5, 5.41) is 6.52. The van der Waals surface area contributed by atoms with Gasteiger partial charge in [-0.05, 0) is 47.2 Å². The Hall–Kier alpha value is -0.610. The average Bonchev–Trinajstić information content (AvgIpc) is 2.86. The Morgan fingerprint density at radius 1 is 1.25 bits per heavy atom. The van der Waals surface area contributed by atoms with Gasteiger partial charge in [-0.3, -0.25) is 4.79 Å². The summed E-state index contributed by atoms with van der Waals surface area (Å²) in [7, 11) is 4.31. The third-order valence-corrected chi connectivity index (χ3v) is 4.72. The lowest BCUT2D eigenvalue weighted by Crippen LogP contribution is -2.54. The minimum absolute atomic E-state index is 0.119. The lowest BCUT2D eigenvalue weighted by Gasteiger charge is -2.37. The van der Waals surface area contributed by atoms with Gasteiger partial charge < -0.3 is 15.5 Å². The van der Waals surface area contributed by atoms with Crippen LogP contribution in [0.25, 0.3) is 0 Å². The van der Waals surface area contributed by atoms with Gasteiger partial charge in [0.05, 0.1) is 6.04 Å². The number of carbonyl (C=O) groups is 1. The fraction of sp³-hybridized carbons (Fsp3) is 0.938. The predicted octanol–water partition coefficient (Wildman–Crippen LogP) is 2.14. The van der Waals surface area contributed by atoms with Gasteiger partial charge in [-0.1, -0.05) is 26.2 Å². The normalized spacial score (nSPS) is 20.9. The molecule has 118 valence electrons. The van der Waals surface area contributed by atoms with Crippen LogP contribution >= 0.6 is 0 Å². The van der Waals surface area contributed by atoms with Gasteiger partial charge in [0.15, 0.2) is 0 Å². The van der Waals surface area contributed by atoms with Crippen molar-refractivity contribution in [3.8, 4) is 0 Å². The standard InChI is InChI=1S/C16H33N3O/c1-6-9-13(2)18-15(20)14(3)17-12-16(19(4)5)10-7-8-11-16/h13-14,17H,6-12H2,1-5H3,(H,18,20). The van der Waals surface area contributed by atoms with Gasteiger partial charge in [0.25, 0.3) is 0 Å². The molecule has 4 heteroatoms. The van der Waals surface area contributed by atoms with Crippen molar-refractivity contribution >= 4 is 5.91 Å². The Kier molecular flexibility index (Phi) is 6.96. The number of hydrogen-bond donors (Lipinski definition) is 2. The molecule has 4 nitrogen and oxygen atoms in total. The molecule has 0 aromatic heterocycles. The Bertz CT molecular complexity index is 298. The van der Waals surface area contributed by atoms with Gasteiger partial charge in [-0.2, -0.15) is 0 Å². The van der Waals surface area contributed by atoms with E-state index in [-0.39, 0.29) is 23.5 Å². The van der Waals surface area contributed by atoms with Crippen LogP contribution < -0.4 is 10.6 Å². The number of nitrogens with zero attached hydrogens (tertiary/aromatic N) is 1. The van der Waals surface area contributed by atoms with Crippen molar-refractivity contribution in [3.05, 3.63) is 0 Å². The second-order valence-corrected chi connectivity index (χ2v) is 6.63. The smallest absolute Gasteiger partial charge is 0.237 e. The van der Waals surface area contributed by atoms with Crippen LogP contribution in [0.2, 0.25) is 0 Å². The summed E-state index contributed by atoms with van der Waals surface area (Å²) in [5.41, 5.74) is 0.240. The summed E-state index contributed by atoms with van der Waals surface area (Å²) in [6.45, 7) is 7.08. The van der Waals surface area contributed by atoms with E-state index in [0.717, 1.165) is 19.4 Å². The molecule has 20 heavy (non-hydrogen) atoms. The lowest BCUT2D eigenvalue weighted by atomic mass is 9.95. The van der Waals surface area contributed by atoms with Crippen molar-refractivity contribution in [3.63, 3.8) is 0 Å². The van der Waals surface area contributed by atoms with Gasteiger partial charge in [0.2, 0.25) is 5.91 Å². The molecule has 2 unspecified atom stereocenters. The van der Waals surface area contributed by atoms with Gasteiger partial charge >= 0.3 is 0 Å². The molecular formula is C16H33N3O. The quantitative estimate of drug-likeness (QED) is 0.717. The fourth-order valence-corrected chi connectivity index (χ4v) is 3.12. The van der Waals surface area contributed by atoms with E-state index in [0.29, 0.717) is 0 Å². The van der Waals surface area contributed by atoms with E-state index in [1.165, 1.54) is 25.7 Å². The molecule has 1 aliphatic rings. The van der Waals surface area contributed by atoms with Crippen molar-refractivity contribution in [1.29, 1.82) is 0 Å². The molecule has 0 spiro atoms. The molecule has 0 aliphatic heterocycles. The first kappa shape index (κ1) is 17.4. The third kappa shape index (κ3) is 4.74. The SMILES string of the molecule is CCCC(C)NC(=O)C(C)NCC1(N(C)C)CCCC1. The highest BCUT2D eigenvalue weighted by Crippen LogP contribution is 2.33. The maximum absolute atomic E-state index is 12.1. The largest absolute Gasteiger partial charge is 0.352 e. The zero-order valence-corrected chi connectivity index (χ0v) is 14.0. The molecule has 1 aliphatic carbocycles. The van der Waals surface area contributed by atoms with Crippen molar-refractivity contribution in [2.75, 3.05) is 20.6 Å². The van der Waals surface area contributed by atoms with E-state index in [1.54, 1.807) is 0 Å². The molecule has 0 aromatic rings. The summed E-state index contributed by atoms with van der Waals surface area (Å²) in [5.74, 6) is 0.123. The summed E-state index contributed by atoms with van der Waals surface area (Å²) in [4.78, 5) is 14.5. The number of nitrogens with one attached hydrogen (secondary N) is 2. The summed E-state index contributed by atoms with van der Waals surface area (Å²) in [6.07, 6.45) is 7.20. The highest BCUT2D eigenvalue weighted by molar-refractivity contribution is 5.81. The van der Waals surface area contributed by atoms with Gasteiger partial charge in [0.1, 0.15) is 0 Å². The molecule has 0 saturated heterocycles. The second-order valence-electron chi connectivity index (χ2n) is 6.63. The molecule has 2 N–H and O–H groups in total. The van der Waals surface area contributed by atoms with Crippen molar-refractivity contribution in [1.82, 2.24) is 15.5 Å². The molecule has 0 aromatic carbocycles. The maximum Gasteiger partial charge on any atom is 0.237 e. The molecule has 1 amide bonds. The minimum Gasteiger partial charge on any atom is -0.352 e. The van der Waals surface area contributed by atoms with Crippen LogP contribution in [0.15, 0.2) is 0 Å². The fourth-order valence-electron chi connectivity index (χ4n) is 3.12. The van der Waals surface area contributed by atoms with E-state index in [1.807, 2.05) is 6.92 Å². The van der Waals surface area contributed by atoms with E-state index < -0.39 is 0 Å². The van der Waals surface area contributed by atoms with E-state index in [9.17, 15) is 4.79 Å². The zero-order chi connectivity index (χ0) is 15.2. The Morgan fingerprint density at radius 2 is 1.85 bits per heavy atom. The number of amides is 1. The van der Waals surface area contributed by atoms with E-state index >= 15 is 0 Å². The van der Waals surface area contributed by atoms with Crippen LogP contribution in [0.5, 0.6) is 0 Å². The van der Waals surface area contributed by atoms with Crippen LogP contribution in [0.4, 0.5) is 0 Å². The number of carbonyl (C=O) groups excluding carboxylic acids is 1.